The lowest BCUT2D eigenvalue weighted by Crippen LogP contribution is -2.47. The van der Waals surface area contributed by atoms with Crippen LogP contribution in [0.4, 0.5) is 0 Å². The second-order valence-corrected chi connectivity index (χ2v) is 6.45. The third-order valence-corrected chi connectivity index (χ3v) is 4.03. The summed E-state index contributed by atoms with van der Waals surface area (Å²) in [6, 6.07) is 7.76. The van der Waals surface area contributed by atoms with E-state index in [0.29, 0.717) is 13.0 Å². The van der Waals surface area contributed by atoms with E-state index in [9.17, 15) is 4.79 Å². The van der Waals surface area contributed by atoms with Crippen LogP contribution in [-0.4, -0.2) is 68.1 Å². The van der Waals surface area contributed by atoms with Gasteiger partial charge >= 0.3 is 0 Å². The molecule has 0 spiro atoms. The van der Waals surface area contributed by atoms with Gasteiger partial charge < -0.3 is 15.0 Å². The first-order valence-electron chi connectivity index (χ1n) is 8.47. The van der Waals surface area contributed by atoms with Crippen molar-refractivity contribution in [2.45, 2.75) is 26.4 Å². The van der Waals surface area contributed by atoms with Gasteiger partial charge in [-0.05, 0) is 27.0 Å². The molecule has 0 aromatic heterocycles. The molecule has 1 aromatic rings. The average molecular weight is 319 g/mol. The van der Waals surface area contributed by atoms with Crippen molar-refractivity contribution in [3.05, 3.63) is 29.8 Å². The Morgan fingerprint density at radius 2 is 1.91 bits per heavy atom. The van der Waals surface area contributed by atoms with E-state index in [1.54, 1.807) is 0 Å². The summed E-state index contributed by atoms with van der Waals surface area (Å²) in [6.07, 6.45) is 0.475. The number of hydrogen-bond acceptors (Lipinski definition) is 4. The summed E-state index contributed by atoms with van der Waals surface area (Å²) < 4.78 is 5.76. The number of hydrogen-bond donors (Lipinski definition) is 1. The number of para-hydroxylation sites is 1. The maximum absolute atomic E-state index is 12.2. The number of piperazine rings is 1. The number of rotatable bonds is 7. The Kier molecular flexibility index (Phi) is 6.86. The summed E-state index contributed by atoms with van der Waals surface area (Å²) in [6.45, 7) is 9.98. The standard InChI is InChI=1S/C18H29N3O2/c1-15(2)23-17-7-5-4-6-16(17)14-18(22)19-8-9-21-12-10-20(3)11-13-21/h4-7,15H,8-14H2,1-3H3,(H,19,22). The smallest absolute Gasteiger partial charge is 0.224 e. The van der Waals surface area contributed by atoms with Gasteiger partial charge in [0.1, 0.15) is 5.75 Å². The number of likely N-dealkylation sites (N-methyl/N-ethyl adjacent to an activating group) is 1. The summed E-state index contributed by atoms with van der Waals surface area (Å²) in [7, 11) is 2.15. The zero-order chi connectivity index (χ0) is 16.7. The molecule has 5 nitrogen and oxygen atoms in total. The van der Waals surface area contributed by atoms with Crippen LogP contribution < -0.4 is 10.1 Å². The van der Waals surface area contributed by atoms with Crippen LogP contribution in [0.25, 0.3) is 0 Å². The molecule has 0 unspecified atom stereocenters. The monoisotopic (exact) mass is 319 g/mol. The minimum absolute atomic E-state index is 0.0546. The van der Waals surface area contributed by atoms with Crippen LogP contribution in [0.2, 0.25) is 0 Å². The SMILES string of the molecule is CC(C)Oc1ccccc1CC(=O)NCCN1CCN(C)CC1. The quantitative estimate of drug-likeness (QED) is 0.825. The minimum atomic E-state index is 0.0546. The molecule has 1 N–H and O–H groups in total. The number of nitrogens with one attached hydrogen (secondary N) is 1. The molecule has 2 rings (SSSR count). The van der Waals surface area contributed by atoms with E-state index in [0.717, 1.165) is 44.0 Å². The number of nitrogens with zero attached hydrogens (tertiary/aromatic N) is 2. The minimum Gasteiger partial charge on any atom is -0.491 e. The van der Waals surface area contributed by atoms with Crippen LogP contribution in [0.15, 0.2) is 24.3 Å². The molecule has 1 amide bonds. The van der Waals surface area contributed by atoms with Gasteiger partial charge in [-0.3, -0.25) is 9.69 Å². The molecule has 1 fully saturated rings. The molecular weight excluding hydrogens is 290 g/mol. The fourth-order valence-electron chi connectivity index (χ4n) is 2.68. The van der Waals surface area contributed by atoms with Crippen LogP contribution in [0.3, 0.4) is 0 Å². The Bertz CT molecular complexity index is 497. The van der Waals surface area contributed by atoms with Gasteiger partial charge in [-0.2, -0.15) is 0 Å². The van der Waals surface area contributed by atoms with Crippen molar-refractivity contribution in [1.82, 2.24) is 15.1 Å². The molecular formula is C18H29N3O2. The first-order chi connectivity index (χ1) is 11.0. The van der Waals surface area contributed by atoms with Gasteiger partial charge in [0.2, 0.25) is 5.91 Å². The summed E-state index contributed by atoms with van der Waals surface area (Å²) in [5.74, 6) is 0.857. The van der Waals surface area contributed by atoms with Crippen LogP contribution in [0, 0.1) is 0 Å². The third-order valence-electron chi connectivity index (χ3n) is 4.03. The zero-order valence-corrected chi connectivity index (χ0v) is 14.5. The van der Waals surface area contributed by atoms with E-state index < -0.39 is 0 Å². The molecule has 1 heterocycles. The number of carbonyl (C=O) groups excluding carboxylic acids is 1. The summed E-state index contributed by atoms with van der Waals surface area (Å²) in [4.78, 5) is 16.9. The van der Waals surface area contributed by atoms with Gasteiger partial charge in [0.05, 0.1) is 12.5 Å². The predicted molar refractivity (Wildman–Crippen MR) is 92.9 cm³/mol. The molecule has 128 valence electrons. The van der Waals surface area contributed by atoms with Crippen molar-refractivity contribution in [3.63, 3.8) is 0 Å². The highest BCUT2D eigenvalue weighted by atomic mass is 16.5. The Hall–Kier alpha value is -1.59. The lowest BCUT2D eigenvalue weighted by Gasteiger charge is -2.32. The second kappa shape index (κ2) is 8.89. The molecule has 0 saturated carbocycles. The van der Waals surface area contributed by atoms with E-state index in [1.165, 1.54) is 0 Å². The first-order valence-corrected chi connectivity index (χ1v) is 8.47. The van der Waals surface area contributed by atoms with E-state index in [4.69, 9.17) is 4.74 Å². The van der Waals surface area contributed by atoms with Crippen LogP contribution in [0.5, 0.6) is 5.75 Å². The molecule has 1 aliphatic heterocycles. The summed E-state index contributed by atoms with van der Waals surface area (Å²) in [5.41, 5.74) is 0.943. The first kappa shape index (κ1) is 17.8. The summed E-state index contributed by atoms with van der Waals surface area (Å²) in [5, 5.41) is 3.02. The van der Waals surface area contributed by atoms with E-state index in [2.05, 4.69) is 22.2 Å². The fourth-order valence-corrected chi connectivity index (χ4v) is 2.68. The van der Waals surface area contributed by atoms with Gasteiger partial charge in [0.25, 0.3) is 0 Å². The Labute approximate surface area is 139 Å². The maximum atomic E-state index is 12.2. The van der Waals surface area contributed by atoms with Crippen LogP contribution in [-0.2, 0) is 11.2 Å². The molecule has 1 aliphatic rings. The third kappa shape index (κ3) is 6.20. The van der Waals surface area contributed by atoms with Crippen LogP contribution in [0.1, 0.15) is 19.4 Å². The Morgan fingerprint density at radius 3 is 2.61 bits per heavy atom. The molecule has 0 atom stereocenters. The van der Waals surface area contributed by atoms with Crippen molar-refractivity contribution in [3.8, 4) is 5.75 Å². The topological polar surface area (TPSA) is 44.8 Å². The largest absolute Gasteiger partial charge is 0.491 e. The molecule has 23 heavy (non-hydrogen) atoms. The van der Waals surface area contributed by atoms with Crippen molar-refractivity contribution < 1.29 is 9.53 Å². The highest BCUT2D eigenvalue weighted by Gasteiger charge is 2.14. The van der Waals surface area contributed by atoms with E-state index in [-0.39, 0.29) is 12.0 Å². The van der Waals surface area contributed by atoms with Crippen LogP contribution >= 0.6 is 0 Å². The van der Waals surface area contributed by atoms with Crippen molar-refractivity contribution >= 4 is 5.91 Å². The van der Waals surface area contributed by atoms with E-state index >= 15 is 0 Å². The molecule has 0 aliphatic carbocycles. The number of amides is 1. The molecule has 5 heteroatoms. The number of benzene rings is 1. The maximum Gasteiger partial charge on any atom is 0.224 e. The Morgan fingerprint density at radius 1 is 1.22 bits per heavy atom. The molecule has 0 bridgehead atoms. The van der Waals surface area contributed by atoms with E-state index in [1.807, 2.05) is 38.1 Å². The number of ether oxygens (including phenoxy) is 1. The van der Waals surface area contributed by atoms with Crippen molar-refractivity contribution in [1.29, 1.82) is 0 Å². The molecule has 1 aromatic carbocycles. The average Bonchev–Trinajstić information content (AvgIpc) is 2.51. The van der Waals surface area contributed by atoms with Crippen molar-refractivity contribution in [2.24, 2.45) is 0 Å². The summed E-state index contributed by atoms with van der Waals surface area (Å²) >= 11 is 0. The van der Waals surface area contributed by atoms with Gasteiger partial charge in [-0.1, -0.05) is 18.2 Å². The number of carbonyl (C=O) groups is 1. The lowest BCUT2D eigenvalue weighted by atomic mass is 10.1. The normalized spacial score (nSPS) is 16.5. The lowest BCUT2D eigenvalue weighted by molar-refractivity contribution is -0.120. The van der Waals surface area contributed by atoms with Gasteiger partial charge in [-0.25, -0.2) is 0 Å². The second-order valence-electron chi connectivity index (χ2n) is 6.45. The fraction of sp³-hybridized carbons (Fsp3) is 0.611. The Balaban J connectivity index is 1.74. The predicted octanol–water partition coefficient (Wildman–Crippen LogP) is 1.38. The van der Waals surface area contributed by atoms with Gasteiger partial charge in [0, 0.05) is 44.8 Å². The highest BCUT2D eigenvalue weighted by Crippen LogP contribution is 2.19. The zero-order valence-electron chi connectivity index (χ0n) is 14.5. The highest BCUT2D eigenvalue weighted by molar-refractivity contribution is 5.79. The van der Waals surface area contributed by atoms with Crippen molar-refractivity contribution in [2.75, 3.05) is 46.3 Å². The van der Waals surface area contributed by atoms with Gasteiger partial charge in [-0.15, -0.1) is 0 Å². The van der Waals surface area contributed by atoms with Gasteiger partial charge in [0.15, 0.2) is 0 Å². The molecule has 1 saturated heterocycles. The molecule has 0 radical (unpaired) electrons.